The molecule has 1 aliphatic heterocycles. The second kappa shape index (κ2) is 5.69. The second-order valence-corrected chi connectivity index (χ2v) is 7.62. The van der Waals surface area contributed by atoms with Crippen molar-refractivity contribution in [2.75, 3.05) is 23.5 Å². The normalized spacial score (nSPS) is 15.1. The van der Waals surface area contributed by atoms with Crippen LogP contribution in [0.1, 0.15) is 18.4 Å². The van der Waals surface area contributed by atoms with Gasteiger partial charge in [0.1, 0.15) is 15.7 Å². The van der Waals surface area contributed by atoms with Crippen molar-refractivity contribution >= 4 is 33.0 Å². The molecule has 0 N–H and O–H groups in total. The highest BCUT2D eigenvalue weighted by atomic mass is 35.5. The maximum atomic E-state index is 14.0. The van der Waals surface area contributed by atoms with Gasteiger partial charge in [-0.25, -0.2) is 12.8 Å². The molecule has 2 rings (SSSR count). The van der Waals surface area contributed by atoms with E-state index in [0.29, 0.717) is 30.0 Å². The number of anilines is 1. The molecule has 0 saturated heterocycles. The number of halogens is 2. The molecule has 0 bridgehead atoms. The first kappa shape index (κ1) is 15.3. The van der Waals surface area contributed by atoms with E-state index in [9.17, 15) is 17.6 Å². The Morgan fingerprint density at radius 3 is 2.80 bits per heavy atom. The molecule has 7 heteroatoms. The van der Waals surface area contributed by atoms with Crippen LogP contribution in [0.5, 0.6) is 0 Å². The SMILES string of the molecule is CS(=O)(=O)CCC(=O)N1CCCc2cc(Cl)cc(F)c21. The number of hydrogen-bond acceptors (Lipinski definition) is 3. The second-order valence-electron chi connectivity index (χ2n) is 4.92. The first-order valence-corrected chi connectivity index (χ1v) is 8.68. The van der Waals surface area contributed by atoms with Gasteiger partial charge in [-0.15, -0.1) is 0 Å². The van der Waals surface area contributed by atoms with Gasteiger partial charge in [-0.05, 0) is 30.5 Å². The summed E-state index contributed by atoms with van der Waals surface area (Å²) in [6.45, 7) is 0.397. The summed E-state index contributed by atoms with van der Waals surface area (Å²) in [5.74, 6) is -1.15. The number of hydrogen-bond donors (Lipinski definition) is 0. The molecule has 1 aliphatic rings. The van der Waals surface area contributed by atoms with E-state index in [-0.39, 0.29) is 23.8 Å². The van der Waals surface area contributed by atoms with Crippen molar-refractivity contribution in [2.24, 2.45) is 0 Å². The van der Waals surface area contributed by atoms with Crippen LogP contribution in [0.3, 0.4) is 0 Å². The minimum atomic E-state index is -3.21. The first-order valence-electron chi connectivity index (χ1n) is 6.24. The third-order valence-corrected chi connectivity index (χ3v) is 4.36. The van der Waals surface area contributed by atoms with Crippen LogP contribution in [0.4, 0.5) is 10.1 Å². The van der Waals surface area contributed by atoms with E-state index in [1.807, 2.05) is 0 Å². The number of fused-ring (bicyclic) bond motifs is 1. The van der Waals surface area contributed by atoms with E-state index >= 15 is 0 Å². The molecule has 0 radical (unpaired) electrons. The van der Waals surface area contributed by atoms with E-state index < -0.39 is 15.7 Å². The summed E-state index contributed by atoms with van der Waals surface area (Å²) in [6.07, 6.45) is 2.30. The van der Waals surface area contributed by atoms with Crippen molar-refractivity contribution in [1.82, 2.24) is 0 Å². The van der Waals surface area contributed by atoms with Gasteiger partial charge in [-0.1, -0.05) is 11.6 Å². The lowest BCUT2D eigenvalue weighted by Gasteiger charge is -2.30. The van der Waals surface area contributed by atoms with E-state index in [1.54, 1.807) is 6.07 Å². The van der Waals surface area contributed by atoms with Crippen molar-refractivity contribution < 1.29 is 17.6 Å². The third-order valence-electron chi connectivity index (χ3n) is 3.19. The summed E-state index contributed by atoms with van der Waals surface area (Å²) < 4.78 is 36.2. The highest BCUT2D eigenvalue weighted by molar-refractivity contribution is 7.90. The molecule has 0 saturated carbocycles. The highest BCUT2D eigenvalue weighted by Crippen LogP contribution is 2.33. The number of nitrogens with zero attached hydrogens (tertiary/aromatic N) is 1. The maximum absolute atomic E-state index is 14.0. The minimum Gasteiger partial charge on any atom is -0.309 e. The molecule has 110 valence electrons. The van der Waals surface area contributed by atoms with Gasteiger partial charge in [0.05, 0.1) is 11.4 Å². The summed E-state index contributed by atoms with van der Waals surface area (Å²) >= 11 is 5.81. The van der Waals surface area contributed by atoms with E-state index in [1.165, 1.54) is 11.0 Å². The Hall–Kier alpha value is -1.14. The van der Waals surface area contributed by atoms with Gasteiger partial charge in [0.15, 0.2) is 0 Å². The minimum absolute atomic E-state index is 0.139. The number of rotatable bonds is 3. The summed E-state index contributed by atoms with van der Waals surface area (Å²) in [6, 6.07) is 2.82. The van der Waals surface area contributed by atoms with E-state index in [4.69, 9.17) is 11.6 Å². The molecule has 1 aromatic rings. The molecule has 0 unspecified atom stereocenters. The molecule has 0 fully saturated rings. The highest BCUT2D eigenvalue weighted by Gasteiger charge is 2.26. The molecule has 1 heterocycles. The van der Waals surface area contributed by atoms with Gasteiger partial charge in [0, 0.05) is 24.2 Å². The smallest absolute Gasteiger partial charge is 0.228 e. The molecule has 0 atom stereocenters. The van der Waals surface area contributed by atoms with E-state index in [0.717, 1.165) is 6.26 Å². The number of carbonyl (C=O) groups excluding carboxylic acids is 1. The van der Waals surface area contributed by atoms with Crippen molar-refractivity contribution in [3.63, 3.8) is 0 Å². The average molecular weight is 320 g/mol. The Morgan fingerprint density at radius 1 is 1.45 bits per heavy atom. The van der Waals surface area contributed by atoms with Gasteiger partial charge in [-0.2, -0.15) is 0 Å². The molecular weight excluding hydrogens is 305 g/mol. The number of amides is 1. The first-order chi connectivity index (χ1) is 9.28. The largest absolute Gasteiger partial charge is 0.309 e. The van der Waals surface area contributed by atoms with Gasteiger partial charge in [-0.3, -0.25) is 4.79 Å². The Morgan fingerprint density at radius 2 is 2.15 bits per heavy atom. The number of carbonyl (C=O) groups is 1. The molecule has 1 amide bonds. The number of sulfone groups is 1. The molecular formula is C13H15ClFNO3S. The zero-order chi connectivity index (χ0) is 14.9. The predicted octanol–water partition coefficient (Wildman–Crippen LogP) is 2.19. The van der Waals surface area contributed by atoms with Crippen molar-refractivity contribution in [2.45, 2.75) is 19.3 Å². The fourth-order valence-electron chi connectivity index (χ4n) is 2.31. The monoisotopic (exact) mass is 319 g/mol. The average Bonchev–Trinajstić information content (AvgIpc) is 2.33. The zero-order valence-electron chi connectivity index (χ0n) is 11.0. The number of benzene rings is 1. The van der Waals surface area contributed by atoms with Crippen molar-refractivity contribution in [1.29, 1.82) is 0 Å². The lowest BCUT2D eigenvalue weighted by molar-refractivity contribution is -0.118. The van der Waals surface area contributed by atoms with Crippen LogP contribution in [-0.4, -0.2) is 32.9 Å². The molecule has 0 spiro atoms. The standard InChI is InChI=1S/C13H15ClFNO3S/c1-20(18,19)6-4-12(17)16-5-2-3-9-7-10(14)8-11(15)13(9)16/h7-8H,2-6H2,1H3. The molecule has 20 heavy (non-hydrogen) atoms. The van der Waals surface area contributed by atoms with Gasteiger partial charge in [0.2, 0.25) is 5.91 Å². The van der Waals surface area contributed by atoms with Crippen LogP contribution in [0.2, 0.25) is 5.02 Å². The van der Waals surface area contributed by atoms with Gasteiger partial charge >= 0.3 is 0 Å². The molecule has 0 aliphatic carbocycles. The lowest BCUT2D eigenvalue weighted by atomic mass is 10.0. The Labute approximate surface area is 122 Å². The van der Waals surface area contributed by atoms with Crippen LogP contribution in [0.25, 0.3) is 0 Å². The van der Waals surface area contributed by atoms with E-state index in [2.05, 4.69) is 0 Å². The quantitative estimate of drug-likeness (QED) is 0.858. The Kier molecular flexibility index (Phi) is 4.34. The molecule has 1 aromatic carbocycles. The van der Waals surface area contributed by atoms with Crippen molar-refractivity contribution in [3.05, 3.63) is 28.5 Å². The fraction of sp³-hybridized carbons (Fsp3) is 0.462. The van der Waals surface area contributed by atoms with Crippen molar-refractivity contribution in [3.8, 4) is 0 Å². The van der Waals surface area contributed by atoms with Crippen LogP contribution in [-0.2, 0) is 21.1 Å². The Bertz CT molecular complexity index is 645. The third kappa shape index (κ3) is 3.49. The predicted molar refractivity (Wildman–Crippen MR) is 76.4 cm³/mol. The van der Waals surface area contributed by atoms with Gasteiger partial charge < -0.3 is 4.90 Å². The summed E-state index contributed by atoms with van der Waals surface area (Å²) in [4.78, 5) is 13.4. The van der Waals surface area contributed by atoms with Crippen LogP contribution in [0.15, 0.2) is 12.1 Å². The van der Waals surface area contributed by atoms with Crippen LogP contribution < -0.4 is 4.90 Å². The molecule has 0 aromatic heterocycles. The van der Waals surface area contributed by atoms with Crippen LogP contribution >= 0.6 is 11.6 Å². The summed E-state index contributed by atoms with van der Waals surface area (Å²) in [5, 5.41) is 0.298. The summed E-state index contributed by atoms with van der Waals surface area (Å²) in [7, 11) is -3.21. The number of aryl methyl sites for hydroxylation is 1. The lowest BCUT2D eigenvalue weighted by Crippen LogP contribution is -2.37. The topological polar surface area (TPSA) is 54.5 Å². The maximum Gasteiger partial charge on any atom is 0.228 e. The van der Waals surface area contributed by atoms with Gasteiger partial charge in [0.25, 0.3) is 0 Å². The molecule has 4 nitrogen and oxygen atoms in total. The fourth-order valence-corrected chi connectivity index (χ4v) is 3.08. The van der Waals surface area contributed by atoms with Crippen LogP contribution in [0, 0.1) is 5.82 Å². The summed E-state index contributed by atoms with van der Waals surface area (Å²) in [5.41, 5.74) is 0.924. The Balaban J connectivity index is 2.26. The zero-order valence-corrected chi connectivity index (χ0v) is 12.6.